The van der Waals surface area contributed by atoms with Crippen molar-refractivity contribution in [2.75, 3.05) is 6.61 Å². The van der Waals surface area contributed by atoms with Crippen LogP contribution >= 0.6 is 0 Å². The van der Waals surface area contributed by atoms with Crippen LogP contribution in [0.15, 0.2) is 0 Å². The molecule has 0 aromatic rings. The molecule has 1 heterocycles. The Hall–Kier alpha value is -1.06. The van der Waals surface area contributed by atoms with Gasteiger partial charge in [-0.3, -0.25) is 9.59 Å². The molecule has 2 atom stereocenters. The second-order valence-electron chi connectivity index (χ2n) is 2.83. The first-order valence-corrected chi connectivity index (χ1v) is 3.07. The van der Waals surface area contributed by atoms with Crippen LogP contribution in [0.1, 0.15) is 6.42 Å². The van der Waals surface area contributed by atoms with E-state index in [0.29, 0.717) is 6.42 Å². The zero-order valence-corrected chi connectivity index (χ0v) is 5.16. The number of carboxylic acid groups (broad SMARTS) is 1. The van der Waals surface area contributed by atoms with Crippen LogP contribution < -0.4 is 0 Å². The normalized spacial score (nSPS) is 42.4. The number of fused-ring (bicyclic) bond motifs is 1. The van der Waals surface area contributed by atoms with Gasteiger partial charge in [0.15, 0.2) is 0 Å². The second kappa shape index (κ2) is 1.33. The summed E-state index contributed by atoms with van der Waals surface area (Å²) in [6.07, 6.45) is 0.473. The summed E-state index contributed by atoms with van der Waals surface area (Å²) in [4.78, 5) is 21.1. The number of rotatable bonds is 1. The van der Waals surface area contributed by atoms with Gasteiger partial charge in [-0.1, -0.05) is 0 Å². The molecule has 1 aliphatic heterocycles. The third-order valence-corrected chi connectivity index (χ3v) is 2.26. The first kappa shape index (κ1) is 5.70. The summed E-state index contributed by atoms with van der Waals surface area (Å²) < 4.78 is 4.56. The Bertz CT molecular complexity index is 222. The highest BCUT2D eigenvalue weighted by molar-refractivity contribution is 5.93. The minimum Gasteiger partial charge on any atom is -0.481 e. The van der Waals surface area contributed by atoms with Gasteiger partial charge in [0.2, 0.25) is 0 Å². The molecule has 0 unspecified atom stereocenters. The lowest BCUT2D eigenvalue weighted by Gasteiger charge is -2.00. The molecular weight excluding hydrogens is 136 g/mol. The van der Waals surface area contributed by atoms with Crippen molar-refractivity contribution in [3.05, 3.63) is 0 Å². The van der Waals surface area contributed by atoms with E-state index in [0.717, 1.165) is 0 Å². The summed E-state index contributed by atoms with van der Waals surface area (Å²) in [6, 6.07) is 0. The molecular formula is C6H6O4. The van der Waals surface area contributed by atoms with Crippen LogP contribution in [0, 0.1) is 11.3 Å². The quantitative estimate of drug-likeness (QED) is 0.507. The lowest BCUT2D eigenvalue weighted by molar-refractivity contribution is -0.144. The van der Waals surface area contributed by atoms with E-state index in [1.165, 1.54) is 0 Å². The highest BCUT2D eigenvalue weighted by atomic mass is 16.5. The maximum absolute atomic E-state index is 10.6. The van der Waals surface area contributed by atoms with Crippen molar-refractivity contribution in [3.8, 4) is 0 Å². The van der Waals surface area contributed by atoms with Gasteiger partial charge < -0.3 is 9.84 Å². The Kier molecular flexibility index (Phi) is 0.760. The van der Waals surface area contributed by atoms with E-state index in [2.05, 4.69) is 4.74 Å². The number of carboxylic acids is 1. The van der Waals surface area contributed by atoms with E-state index < -0.39 is 11.4 Å². The topological polar surface area (TPSA) is 63.6 Å². The molecule has 1 saturated heterocycles. The Labute approximate surface area is 56.8 Å². The van der Waals surface area contributed by atoms with Crippen LogP contribution in [0.2, 0.25) is 0 Å². The van der Waals surface area contributed by atoms with E-state index >= 15 is 0 Å². The monoisotopic (exact) mass is 142 g/mol. The largest absolute Gasteiger partial charge is 0.481 e. The number of cyclic esters (lactones) is 1. The first-order chi connectivity index (χ1) is 4.67. The highest BCUT2D eigenvalue weighted by Crippen LogP contribution is 2.57. The predicted molar refractivity (Wildman–Crippen MR) is 29.1 cm³/mol. The molecule has 0 amide bonds. The summed E-state index contributed by atoms with van der Waals surface area (Å²) in [6.45, 7) is 0.0752. The number of ether oxygens (including phenoxy) is 1. The van der Waals surface area contributed by atoms with E-state index in [-0.39, 0.29) is 18.5 Å². The number of carbonyl (C=O) groups is 2. The van der Waals surface area contributed by atoms with Crippen LogP contribution in [0.3, 0.4) is 0 Å². The predicted octanol–water partition coefficient (Wildman–Crippen LogP) is -0.366. The molecule has 2 fully saturated rings. The van der Waals surface area contributed by atoms with Crippen LogP contribution in [0.25, 0.3) is 0 Å². The smallest absolute Gasteiger partial charge is 0.314 e. The third-order valence-electron chi connectivity index (χ3n) is 2.26. The van der Waals surface area contributed by atoms with Gasteiger partial charge in [0.05, 0.1) is 5.92 Å². The molecule has 0 radical (unpaired) electrons. The number of carbonyl (C=O) groups excluding carboxylic acids is 1. The molecule has 4 heteroatoms. The molecule has 10 heavy (non-hydrogen) atoms. The van der Waals surface area contributed by atoms with Crippen LogP contribution in [-0.4, -0.2) is 23.7 Å². The fourth-order valence-corrected chi connectivity index (χ4v) is 1.37. The molecule has 0 aromatic heterocycles. The molecule has 54 valence electrons. The van der Waals surface area contributed by atoms with Crippen molar-refractivity contribution in [3.63, 3.8) is 0 Å². The Balaban J connectivity index is 2.25. The standard InChI is InChI=1S/C6H6O4/c7-4-3-1-6(3,2-10-4)5(8)9/h3H,1-2H2,(H,8,9)/t3-,6-/m0/s1. The average molecular weight is 142 g/mol. The van der Waals surface area contributed by atoms with Crippen molar-refractivity contribution in [1.29, 1.82) is 0 Å². The van der Waals surface area contributed by atoms with E-state index in [1.807, 2.05) is 0 Å². The molecule has 0 bridgehead atoms. The second-order valence-corrected chi connectivity index (χ2v) is 2.83. The van der Waals surface area contributed by atoms with Crippen molar-refractivity contribution >= 4 is 11.9 Å². The maximum Gasteiger partial charge on any atom is 0.314 e. The van der Waals surface area contributed by atoms with E-state index in [1.54, 1.807) is 0 Å². The van der Waals surface area contributed by atoms with Gasteiger partial charge >= 0.3 is 11.9 Å². The fourth-order valence-electron chi connectivity index (χ4n) is 1.37. The van der Waals surface area contributed by atoms with E-state index in [4.69, 9.17) is 5.11 Å². The summed E-state index contributed by atoms with van der Waals surface area (Å²) in [5, 5.41) is 8.60. The number of esters is 1. The van der Waals surface area contributed by atoms with Crippen molar-refractivity contribution in [2.45, 2.75) is 6.42 Å². The summed E-state index contributed by atoms with van der Waals surface area (Å²) in [5.74, 6) is -1.59. The Morgan fingerprint density at radius 3 is 2.70 bits per heavy atom. The summed E-state index contributed by atoms with van der Waals surface area (Å²) in [7, 11) is 0. The van der Waals surface area contributed by atoms with Gasteiger partial charge in [0, 0.05) is 0 Å². The Morgan fingerprint density at radius 2 is 2.50 bits per heavy atom. The molecule has 2 aliphatic rings. The van der Waals surface area contributed by atoms with Crippen LogP contribution in [-0.2, 0) is 14.3 Å². The number of hydrogen-bond donors (Lipinski definition) is 1. The highest BCUT2D eigenvalue weighted by Gasteiger charge is 2.69. The number of hydrogen-bond acceptors (Lipinski definition) is 3. The molecule has 4 nitrogen and oxygen atoms in total. The van der Waals surface area contributed by atoms with Crippen LogP contribution in [0.5, 0.6) is 0 Å². The number of aliphatic carboxylic acids is 1. The molecule has 1 saturated carbocycles. The molecule has 2 rings (SSSR count). The van der Waals surface area contributed by atoms with Gasteiger partial charge in [0.1, 0.15) is 12.0 Å². The third kappa shape index (κ3) is 0.427. The molecule has 0 aromatic carbocycles. The maximum atomic E-state index is 10.6. The summed E-state index contributed by atoms with van der Waals surface area (Å²) in [5.41, 5.74) is -0.822. The molecule has 1 aliphatic carbocycles. The lowest BCUT2D eigenvalue weighted by atomic mass is 10.1. The van der Waals surface area contributed by atoms with E-state index in [9.17, 15) is 9.59 Å². The Morgan fingerprint density at radius 1 is 1.80 bits per heavy atom. The molecule has 1 N–H and O–H groups in total. The van der Waals surface area contributed by atoms with Gasteiger partial charge in [-0.15, -0.1) is 0 Å². The van der Waals surface area contributed by atoms with Crippen molar-refractivity contribution in [2.24, 2.45) is 11.3 Å². The zero-order chi connectivity index (χ0) is 7.35. The fraction of sp³-hybridized carbons (Fsp3) is 0.667. The molecule has 0 spiro atoms. The average Bonchev–Trinajstić information content (AvgIpc) is 2.52. The minimum absolute atomic E-state index is 0.0752. The minimum atomic E-state index is -0.900. The first-order valence-electron chi connectivity index (χ1n) is 3.07. The SMILES string of the molecule is O=C1OC[C@@]2(C(=O)O)C[C@@H]12. The lowest BCUT2D eigenvalue weighted by Crippen LogP contribution is -2.18. The zero-order valence-electron chi connectivity index (χ0n) is 5.16. The van der Waals surface area contributed by atoms with Crippen LogP contribution in [0.4, 0.5) is 0 Å². The van der Waals surface area contributed by atoms with Gasteiger partial charge in [0.25, 0.3) is 0 Å². The van der Waals surface area contributed by atoms with Gasteiger partial charge in [-0.25, -0.2) is 0 Å². The van der Waals surface area contributed by atoms with Crippen molar-refractivity contribution < 1.29 is 19.4 Å². The van der Waals surface area contributed by atoms with Crippen molar-refractivity contribution in [1.82, 2.24) is 0 Å². The summed E-state index contributed by atoms with van der Waals surface area (Å²) >= 11 is 0. The van der Waals surface area contributed by atoms with Gasteiger partial charge in [-0.05, 0) is 6.42 Å². The van der Waals surface area contributed by atoms with Gasteiger partial charge in [-0.2, -0.15) is 0 Å².